The first-order valence-corrected chi connectivity index (χ1v) is 6.94. The second kappa shape index (κ2) is 8.72. The lowest BCUT2D eigenvalue weighted by atomic mass is 10.1. The van der Waals surface area contributed by atoms with Gasteiger partial charge in [0.2, 0.25) is 0 Å². The van der Waals surface area contributed by atoms with Gasteiger partial charge in [0.1, 0.15) is 0 Å². The number of hydrogen-bond donors (Lipinski definition) is 0. The van der Waals surface area contributed by atoms with Gasteiger partial charge in [-0.05, 0) is 37.7 Å². The standard InChI is InChI=1S/C16H24N2/c1-3-4-5-6-7-11-18(2)14-16-10-8-9-15(12-16)13-17/h8-10,12H,3-7,11,14H2,1-2H3. The lowest BCUT2D eigenvalue weighted by Crippen LogP contribution is -2.19. The van der Waals surface area contributed by atoms with Crippen LogP contribution in [0.15, 0.2) is 24.3 Å². The molecule has 0 heterocycles. The molecule has 0 unspecified atom stereocenters. The maximum atomic E-state index is 8.86. The summed E-state index contributed by atoms with van der Waals surface area (Å²) in [6, 6.07) is 10.1. The zero-order valence-electron chi connectivity index (χ0n) is 11.7. The third kappa shape index (κ3) is 5.84. The summed E-state index contributed by atoms with van der Waals surface area (Å²) >= 11 is 0. The molecule has 0 bridgehead atoms. The summed E-state index contributed by atoms with van der Waals surface area (Å²) < 4.78 is 0. The summed E-state index contributed by atoms with van der Waals surface area (Å²) in [4.78, 5) is 2.34. The molecule has 0 aromatic heterocycles. The van der Waals surface area contributed by atoms with E-state index in [0.717, 1.165) is 18.7 Å². The van der Waals surface area contributed by atoms with Gasteiger partial charge in [-0.3, -0.25) is 0 Å². The van der Waals surface area contributed by atoms with Gasteiger partial charge in [-0.15, -0.1) is 0 Å². The summed E-state index contributed by atoms with van der Waals surface area (Å²) in [5.74, 6) is 0. The third-order valence-corrected chi connectivity index (χ3v) is 3.15. The van der Waals surface area contributed by atoms with E-state index in [4.69, 9.17) is 5.26 Å². The Morgan fingerprint density at radius 2 is 1.94 bits per heavy atom. The van der Waals surface area contributed by atoms with Crippen LogP contribution in [0.1, 0.15) is 50.2 Å². The highest BCUT2D eigenvalue weighted by atomic mass is 15.1. The van der Waals surface area contributed by atoms with E-state index in [9.17, 15) is 0 Å². The van der Waals surface area contributed by atoms with Crippen molar-refractivity contribution in [3.8, 4) is 6.07 Å². The molecule has 98 valence electrons. The van der Waals surface area contributed by atoms with Crippen LogP contribution in [-0.2, 0) is 6.54 Å². The van der Waals surface area contributed by atoms with E-state index in [1.54, 1.807) is 0 Å². The first-order chi connectivity index (χ1) is 8.76. The van der Waals surface area contributed by atoms with Crippen LogP contribution in [0.2, 0.25) is 0 Å². The number of unbranched alkanes of at least 4 members (excludes halogenated alkanes) is 4. The van der Waals surface area contributed by atoms with Crippen molar-refractivity contribution < 1.29 is 0 Å². The lowest BCUT2D eigenvalue weighted by Gasteiger charge is -2.16. The number of nitrogens with zero attached hydrogens (tertiary/aromatic N) is 2. The first kappa shape index (κ1) is 14.7. The molecule has 0 aliphatic heterocycles. The minimum absolute atomic E-state index is 0.754. The highest BCUT2D eigenvalue weighted by Crippen LogP contribution is 2.08. The Labute approximate surface area is 111 Å². The Hall–Kier alpha value is -1.33. The molecule has 0 aliphatic rings. The van der Waals surface area contributed by atoms with Crippen molar-refractivity contribution in [3.05, 3.63) is 35.4 Å². The van der Waals surface area contributed by atoms with E-state index in [1.807, 2.05) is 18.2 Å². The van der Waals surface area contributed by atoms with Crippen LogP contribution in [0.25, 0.3) is 0 Å². The fraction of sp³-hybridized carbons (Fsp3) is 0.562. The molecule has 0 saturated heterocycles. The Bertz CT molecular complexity index is 379. The van der Waals surface area contributed by atoms with Crippen molar-refractivity contribution in [3.63, 3.8) is 0 Å². The zero-order chi connectivity index (χ0) is 13.2. The maximum Gasteiger partial charge on any atom is 0.0991 e. The quantitative estimate of drug-likeness (QED) is 0.647. The molecule has 0 N–H and O–H groups in total. The fourth-order valence-electron chi connectivity index (χ4n) is 2.12. The molecule has 0 amide bonds. The number of hydrogen-bond acceptors (Lipinski definition) is 2. The first-order valence-electron chi connectivity index (χ1n) is 6.94. The molecule has 18 heavy (non-hydrogen) atoms. The van der Waals surface area contributed by atoms with E-state index < -0.39 is 0 Å². The zero-order valence-corrected chi connectivity index (χ0v) is 11.7. The second-order valence-corrected chi connectivity index (χ2v) is 4.96. The predicted molar refractivity (Wildman–Crippen MR) is 76.3 cm³/mol. The number of nitriles is 1. The van der Waals surface area contributed by atoms with E-state index in [0.29, 0.717) is 0 Å². The van der Waals surface area contributed by atoms with Crippen molar-refractivity contribution in [2.45, 2.75) is 45.6 Å². The number of rotatable bonds is 8. The average Bonchev–Trinajstić information content (AvgIpc) is 2.38. The smallest absolute Gasteiger partial charge is 0.0991 e. The van der Waals surface area contributed by atoms with Crippen LogP contribution in [0, 0.1) is 11.3 Å². The molecule has 0 fully saturated rings. The van der Waals surface area contributed by atoms with Gasteiger partial charge in [0.25, 0.3) is 0 Å². The largest absolute Gasteiger partial charge is 0.302 e. The second-order valence-electron chi connectivity index (χ2n) is 4.96. The maximum absolute atomic E-state index is 8.86. The van der Waals surface area contributed by atoms with Crippen LogP contribution < -0.4 is 0 Å². The van der Waals surface area contributed by atoms with E-state index in [1.165, 1.54) is 37.7 Å². The Balaban J connectivity index is 2.26. The minimum atomic E-state index is 0.754. The van der Waals surface area contributed by atoms with Gasteiger partial charge in [0.15, 0.2) is 0 Å². The predicted octanol–water partition coefficient (Wildman–Crippen LogP) is 3.96. The SMILES string of the molecule is CCCCCCCN(C)Cc1cccc(C#N)c1. The summed E-state index contributed by atoms with van der Waals surface area (Å²) in [6.07, 6.45) is 6.61. The van der Waals surface area contributed by atoms with Gasteiger partial charge in [-0.2, -0.15) is 5.26 Å². The van der Waals surface area contributed by atoms with Crippen LogP contribution in [-0.4, -0.2) is 18.5 Å². The van der Waals surface area contributed by atoms with Crippen LogP contribution in [0.3, 0.4) is 0 Å². The van der Waals surface area contributed by atoms with Gasteiger partial charge in [0, 0.05) is 6.54 Å². The highest BCUT2D eigenvalue weighted by molar-refractivity contribution is 5.32. The summed E-state index contributed by atoms with van der Waals surface area (Å²) in [5.41, 5.74) is 1.98. The normalized spacial score (nSPS) is 10.6. The van der Waals surface area contributed by atoms with Crippen LogP contribution in [0.5, 0.6) is 0 Å². The molecular formula is C16H24N2. The number of benzene rings is 1. The van der Waals surface area contributed by atoms with Gasteiger partial charge < -0.3 is 4.90 Å². The van der Waals surface area contributed by atoms with Gasteiger partial charge in [-0.25, -0.2) is 0 Å². The Morgan fingerprint density at radius 1 is 1.17 bits per heavy atom. The molecule has 0 radical (unpaired) electrons. The Morgan fingerprint density at radius 3 is 2.67 bits per heavy atom. The van der Waals surface area contributed by atoms with Gasteiger partial charge in [-0.1, -0.05) is 44.7 Å². The lowest BCUT2D eigenvalue weighted by molar-refractivity contribution is 0.316. The van der Waals surface area contributed by atoms with Crippen molar-refractivity contribution in [2.24, 2.45) is 0 Å². The van der Waals surface area contributed by atoms with Gasteiger partial charge >= 0.3 is 0 Å². The molecule has 0 spiro atoms. The topological polar surface area (TPSA) is 27.0 Å². The molecule has 2 nitrogen and oxygen atoms in total. The van der Waals surface area contributed by atoms with Crippen molar-refractivity contribution in [1.82, 2.24) is 4.90 Å². The molecule has 1 aromatic carbocycles. The van der Waals surface area contributed by atoms with Gasteiger partial charge in [0.05, 0.1) is 11.6 Å². The highest BCUT2D eigenvalue weighted by Gasteiger charge is 2.01. The minimum Gasteiger partial charge on any atom is -0.302 e. The molecule has 0 atom stereocenters. The molecule has 2 heteroatoms. The van der Waals surface area contributed by atoms with Crippen molar-refractivity contribution in [1.29, 1.82) is 5.26 Å². The molecule has 1 aromatic rings. The summed E-state index contributed by atoms with van der Waals surface area (Å²) in [5, 5.41) is 8.86. The van der Waals surface area contributed by atoms with E-state index in [-0.39, 0.29) is 0 Å². The fourth-order valence-corrected chi connectivity index (χ4v) is 2.12. The Kier molecular flexibility index (Phi) is 7.13. The monoisotopic (exact) mass is 244 g/mol. The van der Waals surface area contributed by atoms with Crippen molar-refractivity contribution >= 4 is 0 Å². The van der Waals surface area contributed by atoms with E-state index in [2.05, 4.69) is 31.0 Å². The molecular weight excluding hydrogens is 220 g/mol. The van der Waals surface area contributed by atoms with Crippen LogP contribution in [0.4, 0.5) is 0 Å². The average molecular weight is 244 g/mol. The van der Waals surface area contributed by atoms with Crippen molar-refractivity contribution in [2.75, 3.05) is 13.6 Å². The van der Waals surface area contributed by atoms with Crippen LogP contribution >= 0.6 is 0 Å². The molecule has 0 saturated carbocycles. The third-order valence-electron chi connectivity index (χ3n) is 3.15. The summed E-state index contributed by atoms with van der Waals surface area (Å²) in [7, 11) is 2.15. The molecule has 0 aliphatic carbocycles. The molecule has 1 rings (SSSR count). The summed E-state index contributed by atoms with van der Waals surface area (Å²) in [6.45, 7) is 4.32. The van der Waals surface area contributed by atoms with E-state index >= 15 is 0 Å².